The zero-order valence-electron chi connectivity index (χ0n) is 12.5. The maximum absolute atomic E-state index is 12.5. The Balaban J connectivity index is 1.82. The molecule has 0 aliphatic heterocycles. The number of carbonyl (C=O) groups excluding carboxylic acids is 1. The Labute approximate surface area is 135 Å². The summed E-state index contributed by atoms with van der Waals surface area (Å²) in [4.78, 5) is 18.3. The number of carbonyl (C=O) groups is 1. The Kier molecular flexibility index (Phi) is 5.64. The van der Waals surface area contributed by atoms with Crippen molar-refractivity contribution in [3.63, 3.8) is 0 Å². The Morgan fingerprint density at radius 3 is 2.91 bits per heavy atom. The van der Waals surface area contributed by atoms with E-state index in [0.29, 0.717) is 6.54 Å². The van der Waals surface area contributed by atoms with Gasteiger partial charge in [-0.05, 0) is 17.9 Å². The van der Waals surface area contributed by atoms with Crippen molar-refractivity contribution in [2.75, 3.05) is 13.6 Å². The van der Waals surface area contributed by atoms with Gasteiger partial charge in [0.05, 0.1) is 6.54 Å². The molecule has 0 atom stereocenters. The van der Waals surface area contributed by atoms with Crippen LogP contribution in [0.15, 0.2) is 29.9 Å². The number of hydrogen-bond donors (Lipinski definition) is 1. The van der Waals surface area contributed by atoms with Crippen molar-refractivity contribution in [3.8, 4) is 0 Å². The molecule has 0 radical (unpaired) electrons. The fourth-order valence-electron chi connectivity index (χ4n) is 2.00. The number of thiophene rings is 1. The number of amides is 2. The van der Waals surface area contributed by atoms with Crippen LogP contribution >= 0.6 is 11.3 Å². The third kappa shape index (κ3) is 5.59. The van der Waals surface area contributed by atoms with Gasteiger partial charge in [-0.3, -0.25) is 0 Å². The predicted octanol–water partition coefficient (Wildman–Crippen LogP) is 2.89. The maximum atomic E-state index is 12.5. The number of rotatable bonds is 6. The summed E-state index contributed by atoms with van der Waals surface area (Å²) in [5.74, 6) is 0.193. The number of nitrogens with one attached hydrogen (secondary N) is 1. The summed E-state index contributed by atoms with van der Waals surface area (Å²) in [5.41, 5.74) is 0. The summed E-state index contributed by atoms with van der Waals surface area (Å²) in [6.07, 6.45) is -1.05. The zero-order valence-corrected chi connectivity index (χ0v) is 13.3. The molecule has 23 heavy (non-hydrogen) atoms. The van der Waals surface area contributed by atoms with Crippen LogP contribution in [0.2, 0.25) is 0 Å². The Hall–Kier alpha value is -2.03. The number of halogens is 3. The minimum atomic E-state index is -4.32. The minimum absolute atomic E-state index is 0.00785. The second-order valence-electron chi connectivity index (χ2n) is 5.00. The third-order valence-corrected chi connectivity index (χ3v) is 4.04. The first-order valence-corrected chi connectivity index (χ1v) is 7.81. The summed E-state index contributed by atoms with van der Waals surface area (Å²) in [7, 11) is 1.52. The lowest BCUT2D eigenvalue weighted by Crippen LogP contribution is -2.38. The zero-order chi connectivity index (χ0) is 16.9. The molecule has 2 aromatic rings. The predicted molar refractivity (Wildman–Crippen MR) is 81.2 cm³/mol. The van der Waals surface area contributed by atoms with E-state index in [9.17, 15) is 18.0 Å². The molecular formula is C14H17F3N4OS. The molecule has 0 bridgehead atoms. The van der Waals surface area contributed by atoms with E-state index in [4.69, 9.17) is 0 Å². The number of hydrogen-bond acceptors (Lipinski definition) is 3. The lowest BCUT2D eigenvalue weighted by Gasteiger charge is -2.19. The van der Waals surface area contributed by atoms with Crippen LogP contribution in [0, 0.1) is 0 Å². The highest BCUT2D eigenvalue weighted by atomic mass is 32.1. The van der Waals surface area contributed by atoms with Gasteiger partial charge < -0.3 is 14.8 Å². The first-order valence-electron chi connectivity index (χ1n) is 6.93. The average molecular weight is 346 g/mol. The molecule has 2 amide bonds. The second-order valence-corrected chi connectivity index (χ2v) is 6.04. The Bertz CT molecular complexity index is 624. The third-order valence-electron chi connectivity index (χ3n) is 3.10. The van der Waals surface area contributed by atoms with E-state index < -0.39 is 12.7 Å². The van der Waals surface area contributed by atoms with E-state index in [1.54, 1.807) is 11.3 Å². The number of imidazole rings is 1. The maximum Gasteiger partial charge on any atom is 0.406 e. The highest BCUT2D eigenvalue weighted by molar-refractivity contribution is 7.09. The molecule has 0 aliphatic rings. The van der Waals surface area contributed by atoms with Gasteiger partial charge in [0, 0.05) is 30.9 Å². The number of nitrogens with zero attached hydrogens (tertiary/aromatic N) is 3. The van der Waals surface area contributed by atoms with E-state index in [1.807, 2.05) is 17.5 Å². The number of urea groups is 1. The van der Waals surface area contributed by atoms with E-state index in [2.05, 4.69) is 10.3 Å². The van der Waals surface area contributed by atoms with Gasteiger partial charge in [0.1, 0.15) is 12.4 Å². The van der Waals surface area contributed by atoms with E-state index in [-0.39, 0.29) is 18.4 Å². The van der Waals surface area contributed by atoms with Crippen LogP contribution in [0.1, 0.15) is 10.7 Å². The molecule has 1 N–H and O–H groups in total. The average Bonchev–Trinajstić information content (AvgIpc) is 3.10. The summed E-state index contributed by atoms with van der Waals surface area (Å²) < 4.78 is 38.4. The van der Waals surface area contributed by atoms with E-state index in [1.165, 1.54) is 24.3 Å². The molecule has 0 saturated carbocycles. The molecule has 2 heterocycles. The molecule has 9 heteroatoms. The molecule has 0 saturated heterocycles. The van der Waals surface area contributed by atoms with Gasteiger partial charge in [0.2, 0.25) is 0 Å². The van der Waals surface area contributed by atoms with Crippen molar-refractivity contribution in [1.82, 2.24) is 19.8 Å². The van der Waals surface area contributed by atoms with Crippen molar-refractivity contribution in [3.05, 3.63) is 40.6 Å². The molecule has 0 aliphatic carbocycles. The van der Waals surface area contributed by atoms with Gasteiger partial charge in [-0.25, -0.2) is 9.78 Å². The quantitative estimate of drug-likeness (QED) is 0.874. The number of alkyl halides is 3. The van der Waals surface area contributed by atoms with Gasteiger partial charge in [0.25, 0.3) is 0 Å². The van der Waals surface area contributed by atoms with E-state index >= 15 is 0 Å². The summed E-state index contributed by atoms with van der Waals surface area (Å²) in [5, 5.41) is 4.70. The van der Waals surface area contributed by atoms with E-state index in [0.717, 1.165) is 15.9 Å². The van der Waals surface area contributed by atoms with Crippen LogP contribution in [0.4, 0.5) is 18.0 Å². The fraction of sp³-hybridized carbons (Fsp3) is 0.429. The molecule has 5 nitrogen and oxygen atoms in total. The monoisotopic (exact) mass is 346 g/mol. The van der Waals surface area contributed by atoms with Crippen LogP contribution in [0.5, 0.6) is 0 Å². The fourth-order valence-corrected chi connectivity index (χ4v) is 2.70. The molecular weight excluding hydrogens is 329 g/mol. The van der Waals surface area contributed by atoms with Crippen LogP contribution in [-0.2, 0) is 19.5 Å². The topological polar surface area (TPSA) is 50.2 Å². The van der Waals surface area contributed by atoms with Gasteiger partial charge in [-0.15, -0.1) is 11.3 Å². The molecule has 0 spiro atoms. The molecule has 0 fully saturated rings. The highest BCUT2D eigenvalue weighted by Gasteiger charge is 2.29. The van der Waals surface area contributed by atoms with Crippen LogP contribution in [0.25, 0.3) is 0 Å². The SMILES string of the molecule is CN(Cc1nccn1CC(F)(F)F)C(=O)NCCc1cccs1. The van der Waals surface area contributed by atoms with Crippen molar-refractivity contribution >= 4 is 17.4 Å². The molecule has 2 aromatic heterocycles. The van der Waals surface area contributed by atoms with Crippen molar-refractivity contribution < 1.29 is 18.0 Å². The van der Waals surface area contributed by atoms with Crippen molar-refractivity contribution in [2.45, 2.75) is 25.7 Å². The van der Waals surface area contributed by atoms with Gasteiger partial charge in [-0.2, -0.15) is 13.2 Å². The normalized spacial score (nSPS) is 11.5. The summed E-state index contributed by atoms with van der Waals surface area (Å²) >= 11 is 1.61. The molecule has 126 valence electrons. The largest absolute Gasteiger partial charge is 0.406 e. The smallest absolute Gasteiger partial charge is 0.338 e. The first kappa shape index (κ1) is 17.3. The summed E-state index contributed by atoms with van der Waals surface area (Å²) in [6, 6.07) is 3.58. The number of aromatic nitrogens is 2. The highest BCUT2D eigenvalue weighted by Crippen LogP contribution is 2.18. The molecule has 2 rings (SSSR count). The van der Waals surface area contributed by atoms with Gasteiger partial charge >= 0.3 is 12.2 Å². The second kappa shape index (κ2) is 7.49. The lowest BCUT2D eigenvalue weighted by molar-refractivity contribution is -0.141. The standard InChI is InChI=1S/C14H17F3N4OS/c1-20(13(22)19-5-4-11-3-2-8-23-11)9-12-18-6-7-21(12)10-14(15,16)17/h2-3,6-8H,4-5,9-10H2,1H3,(H,19,22). The Morgan fingerprint density at radius 1 is 1.48 bits per heavy atom. The minimum Gasteiger partial charge on any atom is -0.338 e. The van der Waals surface area contributed by atoms with Crippen LogP contribution < -0.4 is 5.32 Å². The molecule has 0 aromatic carbocycles. The van der Waals surface area contributed by atoms with Crippen LogP contribution in [-0.4, -0.2) is 40.3 Å². The van der Waals surface area contributed by atoms with Gasteiger partial charge in [0.15, 0.2) is 0 Å². The molecule has 0 unspecified atom stereocenters. The first-order chi connectivity index (χ1) is 10.8. The summed E-state index contributed by atoms with van der Waals surface area (Å²) in [6.45, 7) is -0.634. The Morgan fingerprint density at radius 2 is 2.26 bits per heavy atom. The lowest BCUT2D eigenvalue weighted by atomic mass is 10.3. The van der Waals surface area contributed by atoms with Crippen molar-refractivity contribution in [2.24, 2.45) is 0 Å². The van der Waals surface area contributed by atoms with Crippen molar-refractivity contribution in [1.29, 1.82) is 0 Å². The van der Waals surface area contributed by atoms with Crippen LogP contribution in [0.3, 0.4) is 0 Å². The van der Waals surface area contributed by atoms with Gasteiger partial charge in [-0.1, -0.05) is 6.07 Å².